The quantitative estimate of drug-likeness (QED) is 0.819. The van der Waals surface area contributed by atoms with Gasteiger partial charge in [0.05, 0.1) is 5.92 Å². The van der Waals surface area contributed by atoms with Gasteiger partial charge in [0.15, 0.2) is 0 Å². The van der Waals surface area contributed by atoms with Gasteiger partial charge in [0.2, 0.25) is 0 Å². The van der Waals surface area contributed by atoms with E-state index in [9.17, 15) is 9.90 Å². The van der Waals surface area contributed by atoms with Crippen molar-refractivity contribution in [3.8, 4) is 0 Å². The van der Waals surface area contributed by atoms with Crippen LogP contribution in [0.15, 0.2) is 0 Å². The first-order chi connectivity index (χ1) is 9.83. The number of carboxylic acids is 1. The van der Waals surface area contributed by atoms with Gasteiger partial charge in [-0.05, 0) is 30.6 Å². The predicted octanol–water partition coefficient (Wildman–Crippen LogP) is 2.59. The number of rotatable bonds is 5. The summed E-state index contributed by atoms with van der Waals surface area (Å²) in [5.74, 6) is -0.0490. The van der Waals surface area contributed by atoms with Crippen molar-refractivity contribution in [2.45, 2.75) is 58.9 Å². The van der Waals surface area contributed by atoms with Crippen molar-refractivity contribution < 1.29 is 9.90 Å². The molecule has 2 fully saturated rings. The van der Waals surface area contributed by atoms with E-state index in [1.165, 1.54) is 25.7 Å². The van der Waals surface area contributed by atoms with Crippen LogP contribution in [0.25, 0.3) is 0 Å². The van der Waals surface area contributed by atoms with E-state index in [1.807, 2.05) is 0 Å². The molecule has 0 radical (unpaired) electrons. The molecular formula is C17H32N2O2. The van der Waals surface area contributed by atoms with Crippen LogP contribution in [0.2, 0.25) is 0 Å². The molecule has 0 amide bonds. The van der Waals surface area contributed by atoms with Gasteiger partial charge < -0.3 is 15.3 Å². The van der Waals surface area contributed by atoms with E-state index < -0.39 is 5.97 Å². The summed E-state index contributed by atoms with van der Waals surface area (Å²) in [5, 5.41) is 13.0. The minimum atomic E-state index is -0.631. The summed E-state index contributed by atoms with van der Waals surface area (Å²) in [7, 11) is 0. The Bertz CT molecular complexity index is 345. The molecule has 21 heavy (non-hydrogen) atoms. The Hall–Kier alpha value is -0.610. The van der Waals surface area contributed by atoms with Crippen molar-refractivity contribution in [2.24, 2.45) is 17.3 Å². The molecule has 0 spiro atoms. The van der Waals surface area contributed by atoms with Gasteiger partial charge in [0.1, 0.15) is 0 Å². The minimum absolute atomic E-state index is 0.211. The first-order valence-electron chi connectivity index (χ1n) is 8.52. The molecule has 0 aromatic rings. The van der Waals surface area contributed by atoms with Crippen LogP contribution < -0.4 is 5.32 Å². The van der Waals surface area contributed by atoms with Crippen molar-refractivity contribution in [3.05, 3.63) is 0 Å². The minimum Gasteiger partial charge on any atom is -0.481 e. The smallest absolute Gasteiger partial charge is 0.307 e. The van der Waals surface area contributed by atoms with Crippen molar-refractivity contribution >= 4 is 5.97 Å². The number of carboxylic acid groups (broad SMARTS) is 1. The molecule has 2 unspecified atom stereocenters. The topological polar surface area (TPSA) is 52.6 Å². The van der Waals surface area contributed by atoms with E-state index in [0.717, 1.165) is 38.5 Å². The zero-order valence-electron chi connectivity index (χ0n) is 13.9. The second kappa shape index (κ2) is 7.10. The fourth-order valence-corrected chi connectivity index (χ4v) is 3.67. The lowest BCUT2D eigenvalue weighted by Crippen LogP contribution is -2.53. The van der Waals surface area contributed by atoms with Crippen LogP contribution in [0.5, 0.6) is 0 Å². The van der Waals surface area contributed by atoms with Crippen LogP contribution in [-0.4, -0.2) is 48.2 Å². The lowest BCUT2D eigenvalue weighted by Gasteiger charge is -2.38. The molecule has 1 aliphatic carbocycles. The van der Waals surface area contributed by atoms with E-state index in [1.54, 1.807) is 0 Å². The largest absolute Gasteiger partial charge is 0.481 e. The van der Waals surface area contributed by atoms with Crippen molar-refractivity contribution in [2.75, 3.05) is 26.2 Å². The van der Waals surface area contributed by atoms with Crippen molar-refractivity contribution in [3.63, 3.8) is 0 Å². The maximum Gasteiger partial charge on any atom is 0.307 e. The lowest BCUT2D eigenvalue weighted by atomic mass is 9.91. The summed E-state index contributed by atoms with van der Waals surface area (Å²) in [6.45, 7) is 10.4. The van der Waals surface area contributed by atoms with E-state index in [0.29, 0.717) is 6.04 Å². The Morgan fingerprint density at radius 3 is 2.48 bits per heavy atom. The number of likely N-dealkylation sites (tertiary alicyclic amines) is 1. The molecule has 1 saturated heterocycles. The molecule has 4 nitrogen and oxygen atoms in total. The number of hydrogen-bond acceptors (Lipinski definition) is 3. The van der Waals surface area contributed by atoms with Gasteiger partial charge in [-0.15, -0.1) is 0 Å². The average molecular weight is 296 g/mol. The second-order valence-corrected chi connectivity index (χ2v) is 8.28. The zero-order chi connectivity index (χ0) is 15.5. The number of carbonyl (C=O) groups is 1. The number of nitrogens with one attached hydrogen (secondary N) is 1. The Balaban J connectivity index is 1.89. The third-order valence-electron chi connectivity index (χ3n) is 4.79. The molecule has 1 heterocycles. The van der Waals surface area contributed by atoms with Gasteiger partial charge in [-0.3, -0.25) is 4.79 Å². The molecule has 2 atom stereocenters. The van der Waals surface area contributed by atoms with Gasteiger partial charge in [-0.2, -0.15) is 0 Å². The Morgan fingerprint density at radius 1 is 1.24 bits per heavy atom. The highest BCUT2D eigenvalue weighted by Gasteiger charge is 2.33. The van der Waals surface area contributed by atoms with Crippen molar-refractivity contribution in [1.29, 1.82) is 0 Å². The molecule has 2 aliphatic rings. The SMILES string of the molecule is CC(C)(C)CNC1CC(C(=O)O)CN(CC2CCCC2)C1. The standard InChI is InChI=1S/C17H32N2O2/c1-17(2,3)12-18-15-8-14(16(20)21)10-19(11-15)9-13-6-4-5-7-13/h13-15,18H,4-12H2,1-3H3,(H,20,21). The first kappa shape index (κ1) is 16.8. The van der Waals surface area contributed by atoms with Gasteiger partial charge >= 0.3 is 5.97 Å². The first-order valence-corrected chi connectivity index (χ1v) is 8.52. The highest BCUT2D eigenvalue weighted by atomic mass is 16.4. The van der Waals surface area contributed by atoms with Crippen LogP contribution in [-0.2, 0) is 4.79 Å². The number of piperidine rings is 1. The van der Waals surface area contributed by atoms with Gasteiger partial charge in [0, 0.05) is 32.2 Å². The Morgan fingerprint density at radius 2 is 1.90 bits per heavy atom. The summed E-state index contributed by atoms with van der Waals surface area (Å²) in [5.41, 5.74) is 0.243. The fourth-order valence-electron chi connectivity index (χ4n) is 3.67. The molecule has 0 aromatic heterocycles. The summed E-state index contributed by atoms with van der Waals surface area (Å²) >= 11 is 0. The summed E-state index contributed by atoms with van der Waals surface area (Å²) in [6, 6.07) is 0.320. The van der Waals surface area contributed by atoms with E-state index in [-0.39, 0.29) is 11.3 Å². The summed E-state index contributed by atoms with van der Waals surface area (Å²) in [4.78, 5) is 13.8. The van der Waals surface area contributed by atoms with Crippen LogP contribution in [0.1, 0.15) is 52.9 Å². The fraction of sp³-hybridized carbons (Fsp3) is 0.941. The summed E-state index contributed by atoms with van der Waals surface area (Å²) in [6.07, 6.45) is 6.13. The maximum atomic E-state index is 11.4. The zero-order valence-corrected chi connectivity index (χ0v) is 13.9. The lowest BCUT2D eigenvalue weighted by molar-refractivity contribution is -0.144. The predicted molar refractivity (Wildman–Crippen MR) is 85.4 cm³/mol. The van der Waals surface area contributed by atoms with Gasteiger partial charge in [-0.25, -0.2) is 0 Å². The normalized spacial score (nSPS) is 28.9. The van der Waals surface area contributed by atoms with Crippen LogP contribution >= 0.6 is 0 Å². The molecule has 0 aromatic carbocycles. The molecule has 122 valence electrons. The molecular weight excluding hydrogens is 264 g/mol. The molecule has 2 N–H and O–H groups in total. The summed E-state index contributed by atoms with van der Waals surface area (Å²) < 4.78 is 0. The highest BCUT2D eigenvalue weighted by molar-refractivity contribution is 5.70. The molecule has 1 aliphatic heterocycles. The molecule has 2 rings (SSSR count). The molecule has 0 bridgehead atoms. The molecule has 4 heteroatoms. The van der Waals surface area contributed by atoms with E-state index in [2.05, 4.69) is 31.0 Å². The third kappa shape index (κ3) is 5.59. The van der Waals surface area contributed by atoms with Crippen LogP contribution in [0.4, 0.5) is 0 Å². The number of nitrogens with zero attached hydrogens (tertiary/aromatic N) is 1. The Labute approximate surface area is 129 Å². The second-order valence-electron chi connectivity index (χ2n) is 8.28. The van der Waals surface area contributed by atoms with Crippen LogP contribution in [0, 0.1) is 17.3 Å². The van der Waals surface area contributed by atoms with Gasteiger partial charge in [-0.1, -0.05) is 33.6 Å². The van der Waals surface area contributed by atoms with E-state index in [4.69, 9.17) is 0 Å². The van der Waals surface area contributed by atoms with Crippen molar-refractivity contribution in [1.82, 2.24) is 10.2 Å². The highest BCUT2D eigenvalue weighted by Crippen LogP contribution is 2.27. The number of aliphatic carboxylic acids is 1. The maximum absolute atomic E-state index is 11.4. The molecule has 1 saturated carbocycles. The average Bonchev–Trinajstić information content (AvgIpc) is 2.88. The monoisotopic (exact) mass is 296 g/mol. The third-order valence-corrected chi connectivity index (χ3v) is 4.79. The van der Waals surface area contributed by atoms with Gasteiger partial charge in [0.25, 0.3) is 0 Å². The number of hydrogen-bond donors (Lipinski definition) is 2. The Kier molecular flexibility index (Phi) is 5.67. The van der Waals surface area contributed by atoms with E-state index >= 15 is 0 Å². The van der Waals surface area contributed by atoms with Crippen LogP contribution in [0.3, 0.4) is 0 Å².